The zero-order chi connectivity index (χ0) is 13.0. The van der Waals surface area contributed by atoms with Crippen LogP contribution in [0.25, 0.3) is 0 Å². The molecule has 0 aromatic carbocycles. The Labute approximate surface area is 98.0 Å². The molecule has 0 fully saturated rings. The summed E-state index contributed by atoms with van der Waals surface area (Å²) in [5.41, 5.74) is 0. The minimum absolute atomic E-state index is 0.0396. The van der Waals surface area contributed by atoms with Crippen molar-refractivity contribution >= 4 is 11.9 Å². The normalized spacial score (nSPS) is 9.31. The molecule has 16 heavy (non-hydrogen) atoms. The molecule has 0 aliphatic heterocycles. The van der Waals surface area contributed by atoms with Crippen molar-refractivity contribution in [2.24, 2.45) is 5.92 Å². The van der Waals surface area contributed by atoms with Gasteiger partial charge in [-0.05, 0) is 5.92 Å². The van der Waals surface area contributed by atoms with Crippen LogP contribution in [-0.4, -0.2) is 23.7 Å². The summed E-state index contributed by atoms with van der Waals surface area (Å²) in [4.78, 5) is 20.8. The summed E-state index contributed by atoms with van der Waals surface area (Å²) >= 11 is 0. The summed E-state index contributed by atoms with van der Waals surface area (Å²) in [5.74, 6) is -1.12. The number of carbonyl (C=O) groups excluding carboxylic acids is 1. The summed E-state index contributed by atoms with van der Waals surface area (Å²) in [5, 5.41) is 8.23. The Morgan fingerprint density at radius 1 is 1.12 bits per heavy atom. The number of ether oxygens (including phenoxy) is 1. The molecule has 0 bridgehead atoms. The van der Waals surface area contributed by atoms with Gasteiger partial charge in [0.1, 0.15) is 0 Å². The molecule has 0 spiro atoms. The van der Waals surface area contributed by atoms with E-state index in [0.717, 1.165) is 0 Å². The maximum atomic E-state index is 10.8. The Balaban J connectivity index is 0. The fraction of sp³-hybridized carbons (Fsp3) is 0.833. The van der Waals surface area contributed by atoms with E-state index in [9.17, 15) is 9.59 Å². The van der Waals surface area contributed by atoms with Crippen molar-refractivity contribution in [3.8, 4) is 0 Å². The smallest absolute Gasteiger partial charge is 0.306 e. The fourth-order valence-corrected chi connectivity index (χ4v) is 0.541. The Bertz CT molecular complexity index is 185. The van der Waals surface area contributed by atoms with E-state index in [0.29, 0.717) is 12.5 Å². The Hall–Kier alpha value is -1.06. The maximum absolute atomic E-state index is 10.8. The van der Waals surface area contributed by atoms with Crippen molar-refractivity contribution in [1.29, 1.82) is 0 Å². The van der Waals surface area contributed by atoms with Gasteiger partial charge >= 0.3 is 11.9 Å². The molecule has 0 unspecified atom stereocenters. The van der Waals surface area contributed by atoms with Crippen molar-refractivity contribution < 1.29 is 19.4 Å². The zero-order valence-electron chi connectivity index (χ0n) is 10.8. The molecule has 0 rings (SSSR count). The first kappa shape index (κ1) is 17.3. The molecule has 96 valence electrons. The van der Waals surface area contributed by atoms with Gasteiger partial charge in [0.25, 0.3) is 0 Å². The van der Waals surface area contributed by atoms with Crippen LogP contribution >= 0.6 is 0 Å². The average molecular weight is 232 g/mol. The first-order valence-corrected chi connectivity index (χ1v) is 5.81. The Morgan fingerprint density at radius 2 is 1.62 bits per heavy atom. The molecule has 0 radical (unpaired) electrons. The second-order valence-electron chi connectivity index (χ2n) is 3.97. The molecule has 0 atom stereocenters. The maximum Gasteiger partial charge on any atom is 0.306 e. The number of carbonyl (C=O) groups is 2. The first-order chi connectivity index (χ1) is 7.43. The molecule has 0 aromatic heterocycles. The third-order valence-electron chi connectivity index (χ3n) is 1.62. The predicted octanol–water partition coefficient (Wildman–Crippen LogP) is 2.86. The predicted molar refractivity (Wildman–Crippen MR) is 63.2 cm³/mol. The van der Waals surface area contributed by atoms with Crippen LogP contribution in [0.4, 0.5) is 0 Å². The second-order valence-corrected chi connectivity index (χ2v) is 3.97. The molecule has 0 aliphatic carbocycles. The topological polar surface area (TPSA) is 63.6 Å². The van der Waals surface area contributed by atoms with Crippen molar-refractivity contribution in [3.05, 3.63) is 0 Å². The SMILES string of the molecule is CC(C)COC(=O)CCC(=O)O.CCCC. The zero-order valence-corrected chi connectivity index (χ0v) is 10.8. The van der Waals surface area contributed by atoms with E-state index in [4.69, 9.17) is 9.84 Å². The Morgan fingerprint density at radius 3 is 1.94 bits per heavy atom. The van der Waals surface area contributed by atoms with E-state index in [-0.39, 0.29) is 12.8 Å². The molecule has 4 nitrogen and oxygen atoms in total. The Kier molecular flexibility index (Phi) is 13.0. The van der Waals surface area contributed by atoms with E-state index in [1.165, 1.54) is 12.8 Å². The van der Waals surface area contributed by atoms with E-state index >= 15 is 0 Å². The van der Waals surface area contributed by atoms with Crippen molar-refractivity contribution in [2.45, 2.75) is 53.4 Å². The van der Waals surface area contributed by atoms with Crippen LogP contribution in [0.15, 0.2) is 0 Å². The second kappa shape index (κ2) is 12.0. The van der Waals surface area contributed by atoms with Crippen LogP contribution in [0.1, 0.15) is 53.4 Å². The minimum Gasteiger partial charge on any atom is -0.481 e. The highest BCUT2D eigenvalue weighted by molar-refractivity contribution is 5.76. The molecule has 1 N–H and O–H groups in total. The molecule has 4 heteroatoms. The third-order valence-corrected chi connectivity index (χ3v) is 1.62. The molecule has 0 heterocycles. The lowest BCUT2D eigenvalue weighted by molar-refractivity contribution is -0.148. The summed E-state index contributed by atoms with van der Waals surface area (Å²) in [6, 6.07) is 0. The highest BCUT2D eigenvalue weighted by atomic mass is 16.5. The summed E-state index contributed by atoms with van der Waals surface area (Å²) in [6.07, 6.45) is 2.44. The monoisotopic (exact) mass is 232 g/mol. The van der Waals surface area contributed by atoms with Gasteiger partial charge in [-0.25, -0.2) is 0 Å². The number of esters is 1. The number of carboxylic acid groups (broad SMARTS) is 1. The van der Waals surface area contributed by atoms with Gasteiger partial charge in [0.15, 0.2) is 0 Å². The van der Waals surface area contributed by atoms with E-state index in [2.05, 4.69) is 13.8 Å². The molecular weight excluding hydrogens is 208 g/mol. The number of carboxylic acids is 1. The summed E-state index contributed by atoms with van der Waals surface area (Å²) in [6.45, 7) is 8.56. The number of hydrogen-bond donors (Lipinski definition) is 1. The largest absolute Gasteiger partial charge is 0.481 e. The van der Waals surface area contributed by atoms with E-state index in [1.807, 2.05) is 13.8 Å². The van der Waals surface area contributed by atoms with Crippen molar-refractivity contribution in [2.75, 3.05) is 6.61 Å². The van der Waals surface area contributed by atoms with Gasteiger partial charge in [0.05, 0.1) is 19.4 Å². The van der Waals surface area contributed by atoms with Crippen molar-refractivity contribution in [3.63, 3.8) is 0 Å². The van der Waals surface area contributed by atoms with Gasteiger partial charge in [-0.1, -0.05) is 40.5 Å². The number of rotatable bonds is 6. The van der Waals surface area contributed by atoms with Gasteiger partial charge in [0.2, 0.25) is 0 Å². The van der Waals surface area contributed by atoms with Gasteiger partial charge in [-0.3, -0.25) is 9.59 Å². The standard InChI is InChI=1S/C8H14O4.C4H10/c1-6(2)5-12-8(11)4-3-7(9)10;1-3-4-2/h6H,3-5H2,1-2H3,(H,9,10);3-4H2,1-2H3. The molecule has 0 aromatic rings. The number of hydrogen-bond acceptors (Lipinski definition) is 3. The van der Waals surface area contributed by atoms with Crippen LogP contribution in [0, 0.1) is 5.92 Å². The highest BCUT2D eigenvalue weighted by Gasteiger charge is 2.06. The van der Waals surface area contributed by atoms with Gasteiger partial charge in [-0.15, -0.1) is 0 Å². The van der Waals surface area contributed by atoms with E-state index in [1.54, 1.807) is 0 Å². The lowest BCUT2D eigenvalue weighted by atomic mass is 10.2. The first-order valence-electron chi connectivity index (χ1n) is 5.81. The van der Waals surface area contributed by atoms with Crippen LogP contribution in [0.5, 0.6) is 0 Å². The van der Waals surface area contributed by atoms with Gasteiger partial charge < -0.3 is 9.84 Å². The van der Waals surface area contributed by atoms with Crippen molar-refractivity contribution in [1.82, 2.24) is 0 Å². The van der Waals surface area contributed by atoms with Crippen LogP contribution in [0.3, 0.4) is 0 Å². The van der Waals surface area contributed by atoms with Gasteiger partial charge in [0, 0.05) is 0 Å². The van der Waals surface area contributed by atoms with Crippen LogP contribution < -0.4 is 0 Å². The molecule has 0 saturated carbocycles. The minimum atomic E-state index is -0.975. The van der Waals surface area contributed by atoms with Gasteiger partial charge in [-0.2, -0.15) is 0 Å². The van der Waals surface area contributed by atoms with E-state index < -0.39 is 11.9 Å². The third kappa shape index (κ3) is 18.7. The summed E-state index contributed by atoms with van der Waals surface area (Å²) < 4.78 is 4.75. The lowest BCUT2D eigenvalue weighted by Crippen LogP contribution is -2.11. The number of unbranched alkanes of at least 4 members (excludes halogenated alkanes) is 1. The lowest BCUT2D eigenvalue weighted by Gasteiger charge is -2.05. The van der Waals surface area contributed by atoms with Crippen LogP contribution in [0.2, 0.25) is 0 Å². The molecule has 0 amide bonds. The highest BCUT2D eigenvalue weighted by Crippen LogP contribution is 1.97. The number of aliphatic carboxylic acids is 1. The average Bonchev–Trinajstić information content (AvgIpc) is 2.23. The fourth-order valence-electron chi connectivity index (χ4n) is 0.541. The van der Waals surface area contributed by atoms with Crippen LogP contribution in [-0.2, 0) is 14.3 Å². The molecule has 0 aliphatic rings. The summed E-state index contributed by atoms with van der Waals surface area (Å²) in [7, 11) is 0. The molecular formula is C12H24O4. The molecule has 0 saturated heterocycles. The quantitative estimate of drug-likeness (QED) is 0.715.